The second kappa shape index (κ2) is 8.57. The van der Waals surface area contributed by atoms with Gasteiger partial charge in [-0.2, -0.15) is 4.31 Å². The summed E-state index contributed by atoms with van der Waals surface area (Å²) in [6.45, 7) is 1.60. The van der Waals surface area contributed by atoms with Crippen molar-refractivity contribution in [3.05, 3.63) is 48.0 Å². The Morgan fingerprint density at radius 3 is 2.38 bits per heavy atom. The molecule has 26 heavy (non-hydrogen) atoms. The lowest BCUT2D eigenvalue weighted by molar-refractivity contribution is -0.114. The van der Waals surface area contributed by atoms with E-state index in [-0.39, 0.29) is 17.3 Å². The van der Waals surface area contributed by atoms with Crippen LogP contribution < -0.4 is 10.1 Å². The summed E-state index contributed by atoms with van der Waals surface area (Å²) in [5, 5.41) is 2.59. The maximum Gasteiger partial charge on any atom is 0.243 e. The van der Waals surface area contributed by atoms with E-state index in [2.05, 4.69) is 5.32 Å². The molecule has 0 aromatic heterocycles. The molecule has 0 radical (unpaired) electrons. The van der Waals surface area contributed by atoms with Crippen LogP contribution in [0.25, 0.3) is 0 Å². The van der Waals surface area contributed by atoms with Crippen molar-refractivity contribution < 1.29 is 17.9 Å². The first kappa shape index (κ1) is 20.3. The van der Waals surface area contributed by atoms with Gasteiger partial charge in [-0.1, -0.05) is 12.1 Å². The smallest absolute Gasteiger partial charge is 0.243 e. The molecule has 0 atom stereocenters. The fourth-order valence-corrected chi connectivity index (χ4v) is 3.98. The van der Waals surface area contributed by atoms with Gasteiger partial charge in [0.1, 0.15) is 5.75 Å². The van der Waals surface area contributed by atoms with E-state index >= 15 is 0 Å². The molecule has 1 N–H and O–H groups in total. The summed E-state index contributed by atoms with van der Waals surface area (Å²) in [7, 11) is -0.729. The molecule has 0 aliphatic rings. The highest BCUT2D eigenvalue weighted by atomic mass is 32.2. The minimum Gasteiger partial charge on any atom is -0.495 e. The van der Waals surface area contributed by atoms with Gasteiger partial charge < -0.3 is 10.1 Å². The lowest BCUT2D eigenvalue weighted by atomic mass is 10.2. The quantitative estimate of drug-likeness (QED) is 0.730. The number of anilines is 1. The molecule has 140 valence electrons. The molecule has 0 heterocycles. The number of amides is 1. The topological polar surface area (TPSA) is 75.7 Å². The van der Waals surface area contributed by atoms with Crippen LogP contribution in [0.15, 0.2) is 52.3 Å². The van der Waals surface area contributed by atoms with Crippen molar-refractivity contribution in [1.29, 1.82) is 0 Å². The summed E-state index contributed by atoms with van der Waals surface area (Å²) in [4.78, 5) is 12.5. The summed E-state index contributed by atoms with van der Waals surface area (Å²) in [6, 6.07) is 12.1. The molecule has 6 nitrogen and oxygen atoms in total. The number of carbonyl (C=O) groups excluding carboxylic acids is 1. The van der Waals surface area contributed by atoms with Crippen molar-refractivity contribution in [3.63, 3.8) is 0 Å². The number of rotatable bonds is 7. The van der Waals surface area contributed by atoms with Crippen LogP contribution in [0.1, 0.15) is 12.5 Å². The van der Waals surface area contributed by atoms with Crippen molar-refractivity contribution in [1.82, 2.24) is 4.31 Å². The van der Waals surface area contributed by atoms with Crippen LogP contribution in [0, 0.1) is 0 Å². The van der Waals surface area contributed by atoms with E-state index in [0.29, 0.717) is 11.4 Å². The zero-order valence-electron chi connectivity index (χ0n) is 15.1. The lowest BCUT2D eigenvalue weighted by Crippen LogP contribution is -2.26. The molecule has 0 aliphatic heterocycles. The molecule has 2 aromatic carbocycles. The molecule has 0 spiro atoms. The number of methoxy groups -OCH3 is 1. The van der Waals surface area contributed by atoms with Gasteiger partial charge in [-0.25, -0.2) is 8.42 Å². The second-order valence-corrected chi connectivity index (χ2v) is 8.58. The van der Waals surface area contributed by atoms with Gasteiger partial charge in [-0.05, 0) is 42.2 Å². The Morgan fingerprint density at radius 1 is 1.19 bits per heavy atom. The standard InChI is InChI=1S/C18H22N2O4S2/c1-13(21)19-17-11-16(9-10-18(17)24-3)26(22,23)20(2)12-14-5-7-15(25-4)8-6-14/h5-11H,12H2,1-4H3,(H,19,21). The first-order chi connectivity index (χ1) is 12.3. The summed E-state index contributed by atoms with van der Waals surface area (Å²) in [6.07, 6.45) is 1.99. The Bertz CT molecular complexity index is 881. The van der Waals surface area contributed by atoms with Crippen LogP contribution in [0.2, 0.25) is 0 Å². The SMILES string of the molecule is COc1ccc(S(=O)(=O)N(C)Cc2ccc(SC)cc2)cc1NC(C)=O. The predicted octanol–water partition coefficient (Wildman–Crippen LogP) is 3.20. The van der Waals surface area contributed by atoms with E-state index in [1.54, 1.807) is 11.8 Å². The Labute approximate surface area is 158 Å². The summed E-state index contributed by atoms with van der Waals surface area (Å²) in [5.41, 5.74) is 1.21. The van der Waals surface area contributed by atoms with E-state index in [1.165, 1.54) is 43.6 Å². The van der Waals surface area contributed by atoms with E-state index in [4.69, 9.17) is 4.74 Å². The molecule has 0 unspecified atom stereocenters. The number of benzene rings is 2. The number of carbonyl (C=O) groups is 1. The normalized spacial score (nSPS) is 11.4. The Balaban J connectivity index is 2.28. The van der Waals surface area contributed by atoms with Crippen molar-refractivity contribution in [3.8, 4) is 5.75 Å². The Hall–Kier alpha value is -2.03. The molecule has 0 fully saturated rings. The molecule has 8 heteroatoms. The predicted molar refractivity (Wildman–Crippen MR) is 104 cm³/mol. The molecule has 0 saturated heterocycles. The van der Waals surface area contributed by atoms with E-state index in [1.807, 2.05) is 30.5 Å². The molecular weight excluding hydrogens is 372 g/mol. The number of ether oxygens (including phenoxy) is 1. The summed E-state index contributed by atoms with van der Waals surface area (Å²) in [5.74, 6) is 0.0922. The monoisotopic (exact) mass is 394 g/mol. The molecular formula is C18H22N2O4S2. The fraction of sp³-hybridized carbons (Fsp3) is 0.278. The van der Waals surface area contributed by atoms with Crippen molar-refractivity contribution in [2.75, 3.05) is 25.7 Å². The zero-order chi connectivity index (χ0) is 19.3. The van der Waals surface area contributed by atoms with E-state index in [9.17, 15) is 13.2 Å². The van der Waals surface area contributed by atoms with Crippen molar-refractivity contribution >= 4 is 33.4 Å². The third kappa shape index (κ3) is 4.78. The number of sulfonamides is 1. The number of hydrogen-bond donors (Lipinski definition) is 1. The van der Waals surface area contributed by atoms with Gasteiger partial charge in [0, 0.05) is 25.4 Å². The number of nitrogens with one attached hydrogen (secondary N) is 1. The van der Waals surface area contributed by atoms with Crippen LogP contribution in [-0.4, -0.2) is 39.0 Å². The third-order valence-electron chi connectivity index (χ3n) is 3.75. The molecule has 0 bridgehead atoms. The molecule has 0 aliphatic carbocycles. The maximum atomic E-state index is 12.9. The summed E-state index contributed by atoms with van der Waals surface area (Å²) < 4.78 is 32.2. The van der Waals surface area contributed by atoms with Gasteiger partial charge in [0.25, 0.3) is 0 Å². The van der Waals surface area contributed by atoms with E-state index in [0.717, 1.165) is 10.5 Å². The maximum absolute atomic E-state index is 12.9. The van der Waals surface area contributed by atoms with Crippen LogP contribution in [0.3, 0.4) is 0 Å². The Morgan fingerprint density at radius 2 is 1.85 bits per heavy atom. The van der Waals surface area contributed by atoms with Crippen LogP contribution in [-0.2, 0) is 21.4 Å². The van der Waals surface area contributed by atoms with Gasteiger partial charge in [-0.3, -0.25) is 4.79 Å². The highest BCUT2D eigenvalue weighted by Gasteiger charge is 2.22. The van der Waals surface area contributed by atoms with Gasteiger partial charge in [-0.15, -0.1) is 11.8 Å². The average Bonchev–Trinajstić information content (AvgIpc) is 2.61. The van der Waals surface area contributed by atoms with Gasteiger partial charge >= 0.3 is 0 Å². The lowest BCUT2D eigenvalue weighted by Gasteiger charge is -2.19. The van der Waals surface area contributed by atoms with E-state index < -0.39 is 10.0 Å². The zero-order valence-corrected chi connectivity index (χ0v) is 16.8. The van der Waals surface area contributed by atoms with Crippen molar-refractivity contribution in [2.45, 2.75) is 23.3 Å². The largest absolute Gasteiger partial charge is 0.495 e. The first-order valence-corrected chi connectivity index (χ1v) is 10.5. The Kier molecular flexibility index (Phi) is 6.69. The number of hydrogen-bond acceptors (Lipinski definition) is 5. The average molecular weight is 395 g/mol. The highest BCUT2D eigenvalue weighted by Crippen LogP contribution is 2.29. The highest BCUT2D eigenvalue weighted by molar-refractivity contribution is 7.98. The van der Waals surface area contributed by atoms with Crippen LogP contribution >= 0.6 is 11.8 Å². The summed E-state index contributed by atoms with van der Waals surface area (Å²) >= 11 is 1.63. The van der Waals surface area contributed by atoms with Gasteiger partial charge in [0.2, 0.25) is 15.9 Å². The van der Waals surface area contributed by atoms with Gasteiger partial charge in [0.05, 0.1) is 17.7 Å². The molecule has 2 rings (SSSR count). The molecule has 2 aromatic rings. The van der Waals surface area contributed by atoms with Crippen LogP contribution in [0.4, 0.5) is 5.69 Å². The number of nitrogens with zero attached hydrogens (tertiary/aromatic N) is 1. The second-order valence-electron chi connectivity index (χ2n) is 5.65. The van der Waals surface area contributed by atoms with Gasteiger partial charge in [0.15, 0.2) is 0 Å². The van der Waals surface area contributed by atoms with Crippen LogP contribution in [0.5, 0.6) is 5.75 Å². The molecule has 1 amide bonds. The third-order valence-corrected chi connectivity index (χ3v) is 6.30. The minimum atomic E-state index is -3.71. The fourth-order valence-electron chi connectivity index (χ4n) is 2.39. The first-order valence-electron chi connectivity index (χ1n) is 7.83. The minimum absolute atomic E-state index is 0.0882. The number of thioether (sulfide) groups is 1. The van der Waals surface area contributed by atoms with Crippen molar-refractivity contribution in [2.24, 2.45) is 0 Å². The molecule has 0 saturated carbocycles.